The minimum atomic E-state index is -4.93. The number of nitrogens with one attached hydrogen (secondary N) is 2. The van der Waals surface area contributed by atoms with Crippen molar-refractivity contribution in [2.75, 3.05) is 40.6 Å². The van der Waals surface area contributed by atoms with Gasteiger partial charge in [-0.1, -0.05) is 26.7 Å². The standard InChI is InChI=1S/C23H29F3N6O/c1-22(2)13-31(3)18-12-27-21(30-19(18)32(14-22)17-6-4-5-7-17)29-16-10-8-15(9-11-16)28-20(33)23(24,25)26/h8-12,17H,4-7,13-14H2,1-3H3,(H,28,33)(H,27,29,30). The number of anilines is 5. The quantitative estimate of drug-likeness (QED) is 0.670. The van der Waals surface area contributed by atoms with Crippen LogP contribution in [0.25, 0.3) is 0 Å². The Hall–Kier alpha value is -3.04. The van der Waals surface area contributed by atoms with Crippen molar-refractivity contribution in [2.24, 2.45) is 5.41 Å². The zero-order chi connectivity index (χ0) is 23.8. The number of carbonyl (C=O) groups is 1. The molecule has 1 fully saturated rings. The number of rotatable bonds is 4. The molecule has 2 N–H and O–H groups in total. The maximum atomic E-state index is 12.4. The lowest BCUT2D eigenvalue weighted by Crippen LogP contribution is -2.42. The molecule has 1 aromatic carbocycles. The summed E-state index contributed by atoms with van der Waals surface area (Å²) < 4.78 is 37.3. The molecule has 2 aliphatic rings. The first-order valence-electron chi connectivity index (χ1n) is 11.1. The van der Waals surface area contributed by atoms with E-state index in [-0.39, 0.29) is 11.1 Å². The molecule has 0 unspecified atom stereocenters. The lowest BCUT2D eigenvalue weighted by Gasteiger charge is -2.35. The molecule has 0 radical (unpaired) electrons. The number of fused-ring (bicyclic) bond motifs is 1. The third-order valence-corrected chi connectivity index (χ3v) is 6.12. The number of nitrogens with zero attached hydrogens (tertiary/aromatic N) is 4. The predicted molar refractivity (Wildman–Crippen MR) is 123 cm³/mol. The maximum absolute atomic E-state index is 12.4. The Morgan fingerprint density at radius 2 is 1.73 bits per heavy atom. The monoisotopic (exact) mass is 462 g/mol. The molecule has 2 aromatic rings. The molecular weight excluding hydrogens is 433 g/mol. The van der Waals surface area contributed by atoms with Crippen LogP contribution in [0.3, 0.4) is 0 Å². The van der Waals surface area contributed by atoms with Gasteiger partial charge in [0, 0.05) is 37.6 Å². The second-order valence-corrected chi connectivity index (χ2v) is 9.64. The molecule has 1 aliphatic heterocycles. The van der Waals surface area contributed by atoms with Gasteiger partial charge in [0.25, 0.3) is 0 Å². The van der Waals surface area contributed by atoms with E-state index in [0.29, 0.717) is 17.7 Å². The highest BCUT2D eigenvalue weighted by Gasteiger charge is 2.39. The van der Waals surface area contributed by atoms with E-state index >= 15 is 0 Å². The number of benzene rings is 1. The van der Waals surface area contributed by atoms with Gasteiger partial charge in [-0.25, -0.2) is 4.98 Å². The Balaban J connectivity index is 1.56. The summed E-state index contributed by atoms with van der Waals surface area (Å²) in [7, 11) is 2.06. The number of hydrogen-bond acceptors (Lipinski definition) is 6. The van der Waals surface area contributed by atoms with E-state index in [1.165, 1.54) is 25.0 Å². The van der Waals surface area contributed by atoms with Crippen molar-refractivity contribution >= 4 is 34.7 Å². The summed E-state index contributed by atoms with van der Waals surface area (Å²) in [5.74, 6) is -0.685. The summed E-state index contributed by atoms with van der Waals surface area (Å²) in [5, 5.41) is 4.96. The smallest absolute Gasteiger partial charge is 0.370 e. The Labute approximate surface area is 191 Å². The van der Waals surface area contributed by atoms with Gasteiger partial charge in [0.1, 0.15) is 0 Å². The molecule has 0 saturated heterocycles. The third kappa shape index (κ3) is 5.31. The molecule has 10 heteroatoms. The molecule has 33 heavy (non-hydrogen) atoms. The second-order valence-electron chi connectivity index (χ2n) is 9.64. The third-order valence-electron chi connectivity index (χ3n) is 6.12. The van der Waals surface area contributed by atoms with E-state index in [1.54, 1.807) is 12.1 Å². The summed E-state index contributed by atoms with van der Waals surface area (Å²) >= 11 is 0. The van der Waals surface area contributed by atoms with Crippen LogP contribution in [0, 0.1) is 5.41 Å². The van der Waals surface area contributed by atoms with Crippen LogP contribution in [0.5, 0.6) is 0 Å². The predicted octanol–water partition coefficient (Wildman–Crippen LogP) is 4.95. The molecule has 1 saturated carbocycles. The number of halogens is 3. The van der Waals surface area contributed by atoms with Gasteiger partial charge in [0.2, 0.25) is 5.95 Å². The van der Waals surface area contributed by atoms with Crippen molar-refractivity contribution in [3.63, 3.8) is 0 Å². The molecule has 0 bridgehead atoms. The zero-order valence-electron chi connectivity index (χ0n) is 19.0. The minimum absolute atomic E-state index is 0.0574. The Morgan fingerprint density at radius 1 is 1.09 bits per heavy atom. The molecule has 2 heterocycles. The molecule has 178 valence electrons. The van der Waals surface area contributed by atoms with Gasteiger partial charge >= 0.3 is 12.1 Å². The van der Waals surface area contributed by atoms with Crippen LogP contribution in [0.2, 0.25) is 0 Å². The lowest BCUT2D eigenvalue weighted by molar-refractivity contribution is -0.167. The number of carbonyl (C=O) groups excluding carboxylic acids is 1. The fourth-order valence-electron chi connectivity index (χ4n) is 4.71. The van der Waals surface area contributed by atoms with Crippen molar-refractivity contribution in [1.29, 1.82) is 0 Å². The summed E-state index contributed by atoms with van der Waals surface area (Å²) in [6, 6.07) is 6.40. The largest absolute Gasteiger partial charge is 0.471 e. The van der Waals surface area contributed by atoms with Crippen LogP contribution in [0.1, 0.15) is 39.5 Å². The summed E-state index contributed by atoms with van der Waals surface area (Å²) in [6.07, 6.45) is 1.64. The first-order chi connectivity index (χ1) is 15.5. The van der Waals surface area contributed by atoms with Crippen molar-refractivity contribution < 1.29 is 18.0 Å². The van der Waals surface area contributed by atoms with E-state index in [2.05, 4.69) is 41.0 Å². The molecule has 0 spiro atoms. The van der Waals surface area contributed by atoms with Crippen LogP contribution in [-0.4, -0.2) is 48.2 Å². The molecule has 7 nitrogen and oxygen atoms in total. The Morgan fingerprint density at radius 3 is 2.36 bits per heavy atom. The SMILES string of the molecule is CN1CC(C)(C)CN(C2CCCC2)c2nc(Nc3ccc(NC(=O)C(F)(F)F)cc3)ncc21. The maximum Gasteiger partial charge on any atom is 0.471 e. The van der Waals surface area contributed by atoms with Crippen LogP contribution in [0.15, 0.2) is 30.5 Å². The van der Waals surface area contributed by atoms with E-state index < -0.39 is 12.1 Å². The van der Waals surface area contributed by atoms with Crippen LogP contribution < -0.4 is 20.4 Å². The van der Waals surface area contributed by atoms with Gasteiger partial charge in [0.05, 0.1) is 11.9 Å². The Bertz CT molecular complexity index is 1000. The minimum Gasteiger partial charge on any atom is -0.370 e. The zero-order valence-corrected chi connectivity index (χ0v) is 19.0. The topological polar surface area (TPSA) is 73.4 Å². The highest BCUT2D eigenvalue weighted by molar-refractivity contribution is 5.95. The highest BCUT2D eigenvalue weighted by atomic mass is 19.4. The lowest BCUT2D eigenvalue weighted by atomic mass is 9.92. The molecule has 0 atom stereocenters. The van der Waals surface area contributed by atoms with Crippen LogP contribution >= 0.6 is 0 Å². The van der Waals surface area contributed by atoms with Gasteiger partial charge in [-0.15, -0.1) is 0 Å². The highest BCUT2D eigenvalue weighted by Crippen LogP contribution is 2.39. The number of alkyl halides is 3. The van der Waals surface area contributed by atoms with E-state index in [9.17, 15) is 18.0 Å². The number of hydrogen-bond donors (Lipinski definition) is 2. The van der Waals surface area contributed by atoms with Gasteiger partial charge in [0.15, 0.2) is 5.82 Å². The summed E-state index contributed by atoms with van der Waals surface area (Å²) in [5.41, 5.74) is 1.74. The van der Waals surface area contributed by atoms with E-state index in [4.69, 9.17) is 4.98 Å². The number of aromatic nitrogens is 2. The average Bonchev–Trinajstić information content (AvgIpc) is 3.24. The fraction of sp³-hybridized carbons (Fsp3) is 0.522. The Kier molecular flexibility index (Phi) is 6.11. The summed E-state index contributed by atoms with van der Waals surface area (Å²) in [4.78, 5) is 25.1. The molecular formula is C23H29F3N6O. The van der Waals surface area contributed by atoms with Crippen molar-refractivity contribution in [3.05, 3.63) is 30.5 Å². The first kappa shape index (κ1) is 23.1. The number of amides is 1. The van der Waals surface area contributed by atoms with Crippen LogP contribution in [0.4, 0.5) is 42.0 Å². The van der Waals surface area contributed by atoms with Gasteiger partial charge in [-0.2, -0.15) is 18.2 Å². The molecule has 1 aliphatic carbocycles. The summed E-state index contributed by atoms with van der Waals surface area (Å²) in [6.45, 7) is 6.33. The van der Waals surface area contributed by atoms with Crippen molar-refractivity contribution in [2.45, 2.75) is 51.7 Å². The van der Waals surface area contributed by atoms with Crippen LogP contribution in [-0.2, 0) is 4.79 Å². The second kappa shape index (κ2) is 8.72. The van der Waals surface area contributed by atoms with Crippen molar-refractivity contribution in [1.82, 2.24) is 9.97 Å². The normalized spacial score (nSPS) is 18.6. The van der Waals surface area contributed by atoms with Gasteiger partial charge in [-0.3, -0.25) is 4.79 Å². The van der Waals surface area contributed by atoms with Gasteiger partial charge < -0.3 is 20.4 Å². The molecule has 4 rings (SSSR count). The van der Waals surface area contributed by atoms with E-state index in [1.807, 2.05) is 11.5 Å². The average molecular weight is 463 g/mol. The fourth-order valence-corrected chi connectivity index (χ4v) is 4.71. The molecule has 1 aromatic heterocycles. The molecule has 1 amide bonds. The first-order valence-corrected chi connectivity index (χ1v) is 11.1. The van der Waals surface area contributed by atoms with E-state index in [0.717, 1.165) is 37.4 Å². The van der Waals surface area contributed by atoms with Gasteiger partial charge in [-0.05, 0) is 42.5 Å². The van der Waals surface area contributed by atoms with Crippen molar-refractivity contribution in [3.8, 4) is 0 Å².